The lowest BCUT2D eigenvalue weighted by Gasteiger charge is -2.19. The fourth-order valence-corrected chi connectivity index (χ4v) is 7.00. The molecule has 0 radical (unpaired) electrons. The molecule has 0 aliphatic rings. The Balaban J connectivity index is 1.71. The van der Waals surface area contributed by atoms with Crippen molar-refractivity contribution in [2.75, 3.05) is 7.11 Å². The summed E-state index contributed by atoms with van der Waals surface area (Å²) >= 11 is 0. The van der Waals surface area contributed by atoms with Crippen molar-refractivity contribution in [2.45, 2.75) is 17.7 Å². The number of aryl methyl sites for hydroxylation is 1. The van der Waals surface area contributed by atoms with E-state index in [0.717, 1.165) is 33.2 Å². The van der Waals surface area contributed by atoms with E-state index in [-0.39, 0.29) is 10.8 Å². The molecule has 0 amide bonds. The van der Waals surface area contributed by atoms with Crippen molar-refractivity contribution in [3.05, 3.63) is 162 Å². The lowest BCUT2D eigenvalue weighted by molar-refractivity contribution is 0.415. The third-order valence-corrected chi connectivity index (χ3v) is 9.27. The van der Waals surface area contributed by atoms with E-state index >= 15 is 0 Å². The topological polar surface area (TPSA) is 48.3 Å². The summed E-state index contributed by atoms with van der Waals surface area (Å²) in [5.74, 6) is 0.468. The van der Waals surface area contributed by atoms with E-state index in [2.05, 4.69) is 36.4 Å². The van der Waals surface area contributed by atoms with Crippen LogP contribution in [0.15, 0.2) is 144 Å². The van der Waals surface area contributed by atoms with Crippen molar-refractivity contribution in [3.8, 4) is 17.0 Å². The highest BCUT2D eigenvalue weighted by atomic mass is 32.2. The molecule has 1 heterocycles. The Morgan fingerprint density at radius 3 is 2.00 bits per heavy atom. The van der Waals surface area contributed by atoms with E-state index in [4.69, 9.17) is 4.74 Å². The molecule has 4 nitrogen and oxygen atoms in total. The van der Waals surface area contributed by atoms with E-state index < -0.39 is 10.0 Å². The average molecular weight is 570 g/mol. The molecule has 5 aromatic carbocycles. The first-order chi connectivity index (χ1) is 20.5. The Hall–Kier alpha value is -4.87. The molecule has 0 aliphatic carbocycles. The van der Waals surface area contributed by atoms with Crippen LogP contribution in [0.5, 0.6) is 5.75 Å². The lowest BCUT2D eigenvalue weighted by atomic mass is 9.87. The summed E-state index contributed by atoms with van der Waals surface area (Å²) in [4.78, 5) is 0.242. The van der Waals surface area contributed by atoms with Crippen LogP contribution in [0.3, 0.4) is 0 Å². The fraction of sp³-hybridized carbons (Fsp3) is 0.0811. The number of fused-ring (bicyclic) bond motifs is 1. The molecule has 0 saturated carbocycles. The van der Waals surface area contributed by atoms with Crippen LogP contribution in [-0.4, -0.2) is 19.5 Å². The van der Waals surface area contributed by atoms with Gasteiger partial charge in [-0.1, -0.05) is 109 Å². The van der Waals surface area contributed by atoms with Gasteiger partial charge in [-0.15, -0.1) is 0 Å². The maximum Gasteiger partial charge on any atom is 0.268 e. The fourth-order valence-electron chi connectivity index (χ4n) is 5.44. The second-order valence-corrected chi connectivity index (χ2v) is 12.0. The zero-order chi connectivity index (χ0) is 29.1. The number of methoxy groups -OCH3 is 1. The average Bonchev–Trinajstić information content (AvgIpc) is 3.38. The monoisotopic (exact) mass is 569 g/mol. The quantitative estimate of drug-likeness (QED) is 0.184. The number of ether oxygens (including phenoxy) is 1. The highest BCUT2D eigenvalue weighted by Crippen LogP contribution is 2.44. The molecule has 5 heteroatoms. The van der Waals surface area contributed by atoms with Gasteiger partial charge in [-0.25, -0.2) is 12.4 Å². The SMILES string of the molecule is COc1ccc(-c2c(C(/C=C/c3ccccc3)c3ccccc3)c3ccccc3n2S(=O)(=O)c2ccc(C)cc2)cc1. The van der Waals surface area contributed by atoms with Crippen LogP contribution in [0.4, 0.5) is 0 Å². The van der Waals surface area contributed by atoms with Gasteiger partial charge >= 0.3 is 0 Å². The molecule has 0 bridgehead atoms. The normalized spacial score (nSPS) is 12.5. The van der Waals surface area contributed by atoms with Gasteiger partial charge in [0.2, 0.25) is 0 Å². The summed E-state index contributed by atoms with van der Waals surface area (Å²) in [5.41, 5.74) is 6.10. The van der Waals surface area contributed by atoms with Crippen molar-refractivity contribution >= 4 is 27.0 Å². The molecule has 1 aromatic heterocycles. The first-order valence-corrected chi connectivity index (χ1v) is 15.3. The van der Waals surface area contributed by atoms with Crippen molar-refractivity contribution < 1.29 is 13.2 Å². The molecule has 0 aliphatic heterocycles. The van der Waals surface area contributed by atoms with E-state index in [1.807, 2.05) is 104 Å². The van der Waals surface area contributed by atoms with Crippen LogP contribution >= 0.6 is 0 Å². The number of hydrogen-bond donors (Lipinski definition) is 0. The minimum atomic E-state index is -3.98. The molecule has 0 N–H and O–H groups in total. The van der Waals surface area contributed by atoms with E-state index in [1.165, 1.54) is 3.97 Å². The van der Waals surface area contributed by atoms with Crippen LogP contribution in [0.1, 0.15) is 28.2 Å². The van der Waals surface area contributed by atoms with Crippen LogP contribution in [0.25, 0.3) is 28.2 Å². The second kappa shape index (κ2) is 11.6. The largest absolute Gasteiger partial charge is 0.497 e. The maximum atomic E-state index is 14.5. The smallest absolute Gasteiger partial charge is 0.268 e. The number of rotatable bonds is 8. The second-order valence-electron chi connectivity index (χ2n) is 10.2. The Kier molecular flexibility index (Phi) is 7.51. The van der Waals surface area contributed by atoms with E-state index in [9.17, 15) is 8.42 Å². The zero-order valence-corrected chi connectivity index (χ0v) is 24.3. The van der Waals surface area contributed by atoms with Gasteiger partial charge < -0.3 is 4.74 Å². The summed E-state index contributed by atoms with van der Waals surface area (Å²) in [6.45, 7) is 1.95. The molecule has 0 spiro atoms. The van der Waals surface area contributed by atoms with Crippen molar-refractivity contribution in [3.63, 3.8) is 0 Å². The van der Waals surface area contributed by atoms with E-state index in [0.29, 0.717) is 17.0 Å². The molecule has 0 fully saturated rings. The number of allylic oxidation sites excluding steroid dienone is 1. The van der Waals surface area contributed by atoms with Gasteiger partial charge in [0.25, 0.3) is 10.0 Å². The van der Waals surface area contributed by atoms with Gasteiger partial charge in [-0.3, -0.25) is 0 Å². The summed E-state index contributed by atoms with van der Waals surface area (Å²) in [6, 6.07) is 42.8. The van der Waals surface area contributed by atoms with Crippen LogP contribution in [0, 0.1) is 6.92 Å². The highest BCUT2D eigenvalue weighted by Gasteiger charge is 2.31. The standard InChI is InChI=1S/C37H31NO3S/c1-27-17-24-32(25-18-27)42(39,40)38-35-16-10-9-15-34(35)36(37(38)30-20-22-31(41-2)23-21-30)33(29-13-7-4-8-14-29)26-19-28-11-5-3-6-12-28/h3-26,33H,1-2H3/b26-19+. The first kappa shape index (κ1) is 27.3. The predicted molar refractivity (Wildman–Crippen MR) is 171 cm³/mol. The van der Waals surface area contributed by atoms with Gasteiger partial charge in [0, 0.05) is 11.3 Å². The third-order valence-electron chi connectivity index (χ3n) is 7.54. The minimum Gasteiger partial charge on any atom is -0.497 e. The molecule has 6 aromatic rings. The third kappa shape index (κ3) is 5.15. The van der Waals surface area contributed by atoms with Crippen LogP contribution in [0.2, 0.25) is 0 Å². The van der Waals surface area contributed by atoms with Gasteiger partial charge in [-0.05, 0) is 71.6 Å². The molecular formula is C37H31NO3S. The molecular weight excluding hydrogens is 538 g/mol. The van der Waals surface area contributed by atoms with Crippen LogP contribution in [-0.2, 0) is 10.0 Å². The maximum absolute atomic E-state index is 14.5. The Morgan fingerprint density at radius 2 is 1.33 bits per heavy atom. The van der Waals surface area contributed by atoms with E-state index in [1.54, 1.807) is 19.2 Å². The number of para-hydroxylation sites is 1. The Morgan fingerprint density at radius 1 is 0.714 bits per heavy atom. The molecule has 1 unspecified atom stereocenters. The summed E-state index contributed by atoms with van der Waals surface area (Å²) in [7, 11) is -2.35. The Labute approximate surface area is 247 Å². The lowest BCUT2D eigenvalue weighted by Crippen LogP contribution is -2.15. The van der Waals surface area contributed by atoms with Crippen molar-refractivity contribution in [2.24, 2.45) is 0 Å². The summed E-state index contributed by atoms with van der Waals surface area (Å²) in [6.07, 6.45) is 4.28. The molecule has 0 saturated heterocycles. The van der Waals surface area contributed by atoms with Crippen molar-refractivity contribution in [1.29, 1.82) is 0 Å². The minimum absolute atomic E-state index is 0.233. The highest BCUT2D eigenvalue weighted by molar-refractivity contribution is 7.90. The predicted octanol–water partition coefficient (Wildman–Crippen LogP) is 8.71. The number of aromatic nitrogens is 1. The molecule has 42 heavy (non-hydrogen) atoms. The first-order valence-electron chi connectivity index (χ1n) is 13.9. The number of hydrogen-bond acceptors (Lipinski definition) is 3. The molecule has 1 atom stereocenters. The number of benzene rings is 5. The van der Waals surface area contributed by atoms with Gasteiger partial charge in [0.15, 0.2) is 0 Å². The summed E-state index contributed by atoms with van der Waals surface area (Å²) in [5, 5.41) is 0.880. The number of nitrogens with zero attached hydrogens (tertiary/aromatic N) is 1. The van der Waals surface area contributed by atoms with Gasteiger partial charge in [0.05, 0.1) is 23.2 Å². The van der Waals surface area contributed by atoms with Crippen LogP contribution < -0.4 is 4.74 Å². The zero-order valence-electron chi connectivity index (χ0n) is 23.5. The Bertz CT molecular complexity index is 1960. The van der Waals surface area contributed by atoms with Gasteiger partial charge in [-0.2, -0.15) is 0 Å². The summed E-state index contributed by atoms with van der Waals surface area (Å²) < 4.78 is 36.1. The van der Waals surface area contributed by atoms with Gasteiger partial charge in [0.1, 0.15) is 5.75 Å². The molecule has 208 valence electrons. The molecule has 6 rings (SSSR count). The van der Waals surface area contributed by atoms with Crippen molar-refractivity contribution in [1.82, 2.24) is 3.97 Å².